The largest absolute Gasteiger partial charge is 0.454 e. The van der Waals surface area contributed by atoms with Gasteiger partial charge in [-0.1, -0.05) is 60.1 Å². The van der Waals surface area contributed by atoms with Crippen LogP contribution >= 0.6 is 22.9 Å². The number of nitrogens with zero attached hydrogens (tertiary/aromatic N) is 1. The Hall–Kier alpha value is -2.67. The first kappa shape index (κ1) is 23.1. The predicted molar refractivity (Wildman–Crippen MR) is 135 cm³/mol. The van der Waals surface area contributed by atoms with Crippen LogP contribution in [0.15, 0.2) is 72.8 Å². The molecule has 0 amide bonds. The molecular formula is C27H28ClN2O3S+. The summed E-state index contributed by atoms with van der Waals surface area (Å²) >= 11 is 7.37. The van der Waals surface area contributed by atoms with Gasteiger partial charge in [-0.2, -0.15) is 0 Å². The van der Waals surface area contributed by atoms with E-state index in [4.69, 9.17) is 16.3 Å². The Labute approximate surface area is 208 Å². The molecule has 3 aliphatic heterocycles. The average molecular weight is 496 g/mol. The summed E-state index contributed by atoms with van der Waals surface area (Å²) in [6.45, 7) is 3.03. The molecule has 2 bridgehead atoms. The van der Waals surface area contributed by atoms with E-state index in [9.17, 15) is 9.59 Å². The Morgan fingerprint density at radius 2 is 1.68 bits per heavy atom. The number of rotatable bonds is 8. The number of quaternary nitrogens is 1. The third kappa shape index (κ3) is 5.04. The molecule has 1 N–H and O–H groups in total. The van der Waals surface area contributed by atoms with E-state index in [0.29, 0.717) is 32.7 Å². The number of halogens is 1. The van der Waals surface area contributed by atoms with Gasteiger partial charge in [0, 0.05) is 24.4 Å². The number of fused-ring (bicyclic) bond motifs is 3. The van der Waals surface area contributed by atoms with Crippen LogP contribution in [0.5, 0.6) is 0 Å². The quantitative estimate of drug-likeness (QED) is 0.251. The van der Waals surface area contributed by atoms with Gasteiger partial charge < -0.3 is 14.5 Å². The number of hydrogen-bond donors (Lipinski definition) is 1. The molecule has 0 radical (unpaired) electrons. The fourth-order valence-electron chi connectivity index (χ4n) is 5.27. The zero-order valence-corrected chi connectivity index (χ0v) is 20.4. The van der Waals surface area contributed by atoms with Crippen molar-refractivity contribution in [2.24, 2.45) is 5.92 Å². The second-order valence-electron chi connectivity index (χ2n) is 9.32. The Morgan fingerprint density at radius 3 is 2.32 bits per heavy atom. The molecule has 2 atom stereocenters. The van der Waals surface area contributed by atoms with E-state index in [1.807, 2.05) is 66.7 Å². The van der Waals surface area contributed by atoms with Gasteiger partial charge in [-0.3, -0.25) is 4.79 Å². The summed E-state index contributed by atoms with van der Waals surface area (Å²) in [4.78, 5) is 27.1. The standard InChI is InChI=1S/C27H28ClN2O3S/c28-25-12-11-24(34-25)22(31)17-30-15-13-19(14-16-30)23(18-30)33-27(32)26(20-7-3-1-4-8-20)29-21-9-5-2-6-10-21/h1-12,19,23,26,29H,13-18H2/q+1/t19?,23-,26?,30?/m0/s1. The number of hydrogen-bond acceptors (Lipinski definition) is 5. The number of ether oxygens (including phenoxy) is 1. The molecule has 0 aliphatic carbocycles. The van der Waals surface area contributed by atoms with Crippen LogP contribution in [-0.4, -0.2) is 48.5 Å². The van der Waals surface area contributed by atoms with E-state index in [2.05, 4.69) is 5.32 Å². The van der Waals surface area contributed by atoms with Gasteiger partial charge in [0.05, 0.1) is 22.3 Å². The fourth-order valence-corrected chi connectivity index (χ4v) is 6.24. The van der Waals surface area contributed by atoms with Crippen LogP contribution in [0.3, 0.4) is 0 Å². The van der Waals surface area contributed by atoms with Crippen LogP contribution in [0.2, 0.25) is 4.34 Å². The first-order valence-corrected chi connectivity index (χ1v) is 12.9. The van der Waals surface area contributed by atoms with E-state index in [1.54, 1.807) is 6.07 Å². The van der Waals surface area contributed by atoms with Gasteiger partial charge in [-0.15, -0.1) is 11.3 Å². The van der Waals surface area contributed by atoms with Crippen molar-refractivity contribution in [2.75, 3.05) is 31.5 Å². The molecule has 34 heavy (non-hydrogen) atoms. The second kappa shape index (κ2) is 9.90. The van der Waals surface area contributed by atoms with Gasteiger partial charge in [-0.25, -0.2) is 4.79 Å². The Morgan fingerprint density at radius 1 is 1.00 bits per heavy atom. The number of benzene rings is 2. The van der Waals surface area contributed by atoms with Crippen molar-refractivity contribution in [1.29, 1.82) is 0 Å². The SMILES string of the molecule is O=C(C[N+]12CCC(CC1)[C@@H](OC(=O)C(Nc1ccccc1)c1ccccc1)C2)c1ccc(Cl)s1. The van der Waals surface area contributed by atoms with E-state index in [-0.39, 0.29) is 17.9 Å². The minimum absolute atomic E-state index is 0.121. The minimum atomic E-state index is -0.595. The van der Waals surface area contributed by atoms with Gasteiger partial charge >= 0.3 is 5.97 Å². The van der Waals surface area contributed by atoms with Crippen molar-refractivity contribution in [3.63, 3.8) is 0 Å². The monoisotopic (exact) mass is 495 g/mol. The van der Waals surface area contributed by atoms with Crippen molar-refractivity contribution in [2.45, 2.75) is 25.0 Å². The number of thiophene rings is 1. The van der Waals surface area contributed by atoms with Gasteiger partial charge in [0.25, 0.3) is 0 Å². The van der Waals surface area contributed by atoms with E-state index >= 15 is 0 Å². The molecule has 1 unspecified atom stereocenters. The highest BCUT2D eigenvalue weighted by Crippen LogP contribution is 2.37. The van der Waals surface area contributed by atoms with Crippen molar-refractivity contribution in [3.8, 4) is 0 Å². The van der Waals surface area contributed by atoms with Crippen LogP contribution in [-0.2, 0) is 9.53 Å². The lowest BCUT2D eigenvalue weighted by Gasteiger charge is -2.51. The third-order valence-electron chi connectivity index (χ3n) is 7.09. The normalized spacial score (nSPS) is 24.4. The van der Waals surface area contributed by atoms with Gasteiger partial charge in [0.15, 0.2) is 12.1 Å². The number of piperidine rings is 3. The van der Waals surface area contributed by atoms with Crippen LogP contribution < -0.4 is 5.32 Å². The zero-order chi connectivity index (χ0) is 23.5. The Bertz CT molecular complexity index is 1140. The number of carbonyl (C=O) groups excluding carboxylic acids is 2. The molecule has 3 aliphatic rings. The molecular weight excluding hydrogens is 468 g/mol. The molecule has 176 valence electrons. The van der Waals surface area contributed by atoms with Crippen molar-refractivity contribution < 1.29 is 18.8 Å². The molecule has 2 aromatic carbocycles. The van der Waals surface area contributed by atoms with Gasteiger partial charge in [0.1, 0.15) is 13.1 Å². The van der Waals surface area contributed by atoms with Crippen molar-refractivity contribution in [1.82, 2.24) is 0 Å². The molecule has 3 fully saturated rings. The molecule has 6 rings (SSSR count). The molecule has 3 aromatic rings. The number of anilines is 1. The number of ketones is 1. The summed E-state index contributed by atoms with van der Waals surface area (Å²) < 4.78 is 7.50. The topological polar surface area (TPSA) is 55.4 Å². The number of carbonyl (C=O) groups is 2. The van der Waals surface area contributed by atoms with Crippen molar-refractivity contribution in [3.05, 3.63) is 87.6 Å². The van der Waals surface area contributed by atoms with Crippen LogP contribution in [0.25, 0.3) is 0 Å². The molecule has 0 saturated carbocycles. The number of para-hydroxylation sites is 1. The summed E-state index contributed by atoms with van der Waals surface area (Å²) in [7, 11) is 0. The first-order valence-electron chi connectivity index (χ1n) is 11.7. The Balaban J connectivity index is 1.31. The number of esters is 1. The highest BCUT2D eigenvalue weighted by molar-refractivity contribution is 7.18. The van der Waals surface area contributed by atoms with E-state index < -0.39 is 6.04 Å². The minimum Gasteiger partial charge on any atom is -0.454 e. The van der Waals surface area contributed by atoms with Crippen LogP contribution in [0, 0.1) is 5.92 Å². The summed E-state index contributed by atoms with van der Waals surface area (Å²) in [5.41, 5.74) is 1.73. The van der Waals surface area contributed by atoms with Crippen molar-refractivity contribution >= 4 is 40.4 Å². The van der Waals surface area contributed by atoms with Gasteiger partial charge in [-0.05, 0) is 29.8 Å². The lowest BCUT2D eigenvalue weighted by molar-refractivity contribution is -0.938. The lowest BCUT2D eigenvalue weighted by Crippen LogP contribution is -2.65. The fraction of sp³-hybridized carbons (Fsp3) is 0.333. The summed E-state index contributed by atoms with van der Waals surface area (Å²) in [6.07, 6.45) is 1.76. The highest BCUT2D eigenvalue weighted by Gasteiger charge is 2.49. The maximum Gasteiger partial charge on any atom is 0.333 e. The van der Waals surface area contributed by atoms with Crippen LogP contribution in [0.4, 0.5) is 5.69 Å². The third-order valence-corrected chi connectivity index (χ3v) is 8.36. The smallest absolute Gasteiger partial charge is 0.333 e. The molecule has 0 spiro atoms. The molecule has 5 nitrogen and oxygen atoms in total. The zero-order valence-electron chi connectivity index (χ0n) is 18.9. The second-order valence-corrected chi connectivity index (χ2v) is 11.0. The average Bonchev–Trinajstić information content (AvgIpc) is 3.31. The summed E-state index contributed by atoms with van der Waals surface area (Å²) in [5, 5.41) is 3.35. The van der Waals surface area contributed by atoms with Gasteiger partial charge in [0.2, 0.25) is 5.78 Å². The summed E-state index contributed by atoms with van der Waals surface area (Å²) in [5.74, 6) is 0.196. The number of Topliss-reactive ketones (excluding diaryl/α,β-unsaturated/α-hetero) is 1. The predicted octanol–water partition coefficient (Wildman–Crippen LogP) is 5.59. The van der Waals surface area contributed by atoms with Crippen LogP contribution in [0.1, 0.15) is 34.1 Å². The van der Waals surface area contributed by atoms with E-state index in [0.717, 1.165) is 37.2 Å². The first-order chi connectivity index (χ1) is 16.5. The molecule has 1 aromatic heterocycles. The van der Waals surface area contributed by atoms with E-state index in [1.165, 1.54) is 11.3 Å². The Kier molecular flexibility index (Phi) is 6.73. The maximum atomic E-state index is 13.5. The molecule has 4 heterocycles. The lowest BCUT2D eigenvalue weighted by atomic mass is 9.83. The maximum absolute atomic E-state index is 13.5. The molecule has 3 saturated heterocycles. The molecule has 7 heteroatoms. The summed E-state index contributed by atoms with van der Waals surface area (Å²) in [6, 6.07) is 22.4. The highest BCUT2D eigenvalue weighted by atomic mass is 35.5. The number of nitrogens with one attached hydrogen (secondary N) is 1.